The lowest BCUT2D eigenvalue weighted by Gasteiger charge is -2.32. The number of benzene rings is 2. The van der Waals surface area contributed by atoms with Crippen LogP contribution in [0.5, 0.6) is 5.75 Å². The van der Waals surface area contributed by atoms with E-state index in [9.17, 15) is 5.11 Å². The summed E-state index contributed by atoms with van der Waals surface area (Å²) in [6.45, 7) is 6.29. The Labute approximate surface area is 157 Å². The molecule has 2 aromatic carbocycles. The van der Waals surface area contributed by atoms with E-state index in [0.717, 1.165) is 42.9 Å². The molecule has 0 unspecified atom stereocenters. The van der Waals surface area contributed by atoms with Crippen molar-refractivity contribution < 1.29 is 14.7 Å². The fourth-order valence-corrected chi connectivity index (χ4v) is 3.88. The molecule has 0 aliphatic carbocycles. The predicted octanol–water partition coefficient (Wildman–Crippen LogP) is 3.17. The first-order valence-corrected chi connectivity index (χ1v) is 10.1. The molecule has 0 aromatic heterocycles. The summed E-state index contributed by atoms with van der Waals surface area (Å²) in [6.07, 6.45) is 5.70. The van der Waals surface area contributed by atoms with E-state index in [1.807, 2.05) is 54.6 Å². The van der Waals surface area contributed by atoms with Crippen LogP contribution in [0.3, 0.4) is 0 Å². The van der Waals surface area contributed by atoms with E-state index in [-0.39, 0.29) is 0 Å². The number of hydrogen-bond donors (Lipinski definition) is 2. The van der Waals surface area contributed by atoms with Crippen molar-refractivity contribution in [2.45, 2.75) is 44.6 Å². The Morgan fingerprint density at radius 1 is 0.923 bits per heavy atom. The number of aliphatic hydroxyl groups is 1. The molecule has 26 heavy (non-hydrogen) atoms. The lowest BCUT2D eigenvalue weighted by atomic mass is 9.83. The van der Waals surface area contributed by atoms with Crippen LogP contribution in [0.1, 0.15) is 50.2 Å². The summed E-state index contributed by atoms with van der Waals surface area (Å²) in [5, 5.41) is 11.7. The minimum absolute atomic E-state index is 0.723. The highest BCUT2D eigenvalue weighted by atomic mass is 16.5. The van der Waals surface area contributed by atoms with Crippen LogP contribution in [0.15, 0.2) is 54.6 Å². The maximum atomic E-state index is 11.7. The van der Waals surface area contributed by atoms with E-state index in [4.69, 9.17) is 4.74 Å². The molecular weight excluding hydrogens is 322 g/mol. The molecule has 3 heteroatoms. The highest BCUT2D eigenvalue weighted by Gasteiger charge is 2.33. The van der Waals surface area contributed by atoms with Crippen LogP contribution >= 0.6 is 0 Å². The highest BCUT2D eigenvalue weighted by molar-refractivity contribution is 5.38. The van der Waals surface area contributed by atoms with Gasteiger partial charge in [0.1, 0.15) is 11.4 Å². The van der Waals surface area contributed by atoms with Crippen LogP contribution in [0.2, 0.25) is 0 Å². The van der Waals surface area contributed by atoms with Gasteiger partial charge in [-0.15, -0.1) is 0 Å². The van der Waals surface area contributed by atoms with Gasteiger partial charge >= 0.3 is 0 Å². The van der Waals surface area contributed by atoms with Crippen LogP contribution in [0, 0.1) is 0 Å². The van der Waals surface area contributed by atoms with E-state index < -0.39 is 5.60 Å². The van der Waals surface area contributed by atoms with Gasteiger partial charge in [-0.1, -0.05) is 49.4 Å². The molecule has 0 saturated carbocycles. The molecule has 1 aliphatic heterocycles. The zero-order chi connectivity index (χ0) is 18.2. The van der Waals surface area contributed by atoms with E-state index in [0.29, 0.717) is 0 Å². The Bertz CT molecular complexity index is 650. The zero-order valence-corrected chi connectivity index (χ0v) is 15.9. The zero-order valence-electron chi connectivity index (χ0n) is 15.9. The van der Waals surface area contributed by atoms with E-state index in [2.05, 4.69) is 6.92 Å². The van der Waals surface area contributed by atoms with Crippen LogP contribution in [0.4, 0.5) is 0 Å². The van der Waals surface area contributed by atoms with Crippen molar-refractivity contribution in [3.05, 3.63) is 65.7 Å². The number of quaternary nitrogens is 1. The molecule has 140 valence electrons. The van der Waals surface area contributed by atoms with Crippen molar-refractivity contribution in [3.63, 3.8) is 0 Å². The van der Waals surface area contributed by atoms with Crippen molar-refractivity contribution >= 4 is 0 Å². The number of nitrogens with one attached hydrogen (secondary N) is 1. The molecule has 0 amide bonds. The van der Waals surface area contributed by atoms with Gasteiger partial charge in [-0.05, 0) is 48.9 Å². The van der Waals surface area contributed by atoms with Gasteiger partial charge in [0.15, 0.2) is 0 Å². The van der Waals surface area contributed by atoms with Crippen molar-refractivity contribution in [2.24, 2.45) is 0 Å². The first-order chi connectivity index (χ1) is 12.7. The topological polar surface area (TPSA) is 33.9 Å². The molecule has 1 saturated heterocycles. The van der Waals surface area contributed by atoms with Crippen LogP contribution in [-0.4, -0.2) is 31.3 Å². The van der Waals surface area contributed by atoms with Crippen molar-refractivity contribution in [2.75, 3.05) is 26.2 Å². The summed E-state index contributed by atoms with van der Waals surface area (Å²) in [6, 6.07) is 18.1. The lowest BCUT2D eigenvalue weighted by molar-refractivity contribution is -0.905. The molecule has 3 rings (SSSR count). The van der Waals surface area contributed by atoms with Gasteiger partial charge in [0.25, 0.3) is 0 Å². The maximum absolute atomic E-state index is 11.7. The predicted molar refractivity (Wildman–Crippen MR) is 106 cm³/mol. The first kappa shape index (κ1) is 18.9. The first-order valence-electron chi connectivity index (χ1n) is 10.1. The quantitative estimate of drug-likeness (QED) is 0.763. The average molecular weight is 355 g/mol. The fourth-order valence-electron chi connectivity index (χ4n) is 3.88. The summed E-state index contributed by atoms with van der Waals surface area (Å²) in [5.74, 6) is 0.868. The largest absolute Gasteiger partial charge is 0.494 e. The standard InChI is InChI=1S/C23H31NO2/c1-2-19-26-22-13-11-21(12-14-22)23(25,20-9-5-3-6-10-20)15-18-24-16-7-4-8-17-24/h3,5-6,9-14,25H,2,4,7-8,15-19H2,1H3/p+1/t23-/m1/s1. The van der Waals surface area contributed by atoms with Gasteiger partial charge in [0, 0.05) is 6.42 Å². The Morgan fingerprint density at radius 3 is 2.23 bits per heavy atom. The molecule has 1 heterocycles. The minimum atomic E-state index is -0.949. The van der Waals surface area contributed by atoms with Gasteiger partial charge in [-0.25, -0.2) is 0 Å². The van der Waals surface area contributed by atoms with Crippen LogP contribution in [0.25, 0.3) is 0 Å². The van der Waals surface area contributed by atoms with Crippen molar-refractivity contribution in [1.82, 2.24) is 0 Å². The molecule has 0 spiro atoms. The Hall–Kier alpha value is -1.84. The summed E-state index contributed by atoms with van der Waals surface area (Å²) in [7, 11) is 0. The van der Waals surface area contributed by atoms with Gasteiger partial charge < -0.3 is 14.7 Å². The highest BCUT2D eigenvalue weighted by Crippen LogP contribution is 2.33. The van der Waals surface area contributed by atoms with E-state index in [1.165, 1.54) is 32.4 Å². The second-order valence-electron chi connectivity index (χ2n) is 7.41. The Balaban J connectivity index is 1.80. The third-order valence-electron chi connectivity index (χ3n) is 5.46. The smallest absolute Gasteiger partial charge is 0.120 e. The third-order valence-corrected chi connectivity index (χ3v) is 5.46. The average Bonchev–Trinajstić information content (AvgIpc) is 2.72. The fraction of sp³-hybridized carbons (Fsp3) is 0.478. The lowest BCUT2D eigenvalue weighted by Crippen LogP contribution is -3.13. The number of likely N-dealkylation sites (tertiary alicyclic amines) is 1. The Kier molecular flexibility index (Phi) is 6.70. The molecule has 2 aromatic rings. The monoisotopic (exact) mass is 354 g/mol. The molecule has 2 N–H and O–H groups in total. The summed E-state index contributed by atoms with van der Waals surface area (Å²) >= 11 is 0. The molecular formula is C23H32NO2+. The minimum Gasteiger partial charge on any atom is -0.494 e. The normalized spacial score (nSPS) is 17.6. The van der Waals surface area contributed by atoms with Gasteiger partial charge in [-0.3, -0.25) is 0 Å². The molecule has 1 atom stereocenters. The number of piperidine rings is 1. The number of rotatable bonds is 8. The van der Waals surface area contributed by atoms with Crippen molar-refractivity contribution in [1.29, 1.82) is 0 Å². The molecule has 1 aliphatic rings. The van der Waals surface area contributed by atoms with Gasteiger partial charge in [0.05, 0.1) is 26.2 Å². The maximum Gasteiger partial charge on any atom is 0.120 e. The summed E-state index contributed by atoms with van der Waals surface area (Å²) < 4.78 is 5.70. The molecule has 1 fully saturated rings. The second kappa shape index (κ2) is 9.20. The Morgan fingerprint density at radius 2 is 1.58 bits per heavy atom. The summed E-state index contributed by atoms with van der Waals surface area (Å²) in [4.78, 5) is 1.62. The summed E-state index contributed by atoms with van der Waals surface area (Å²) in [5.41, 5.74) is 0.970. The number of hydrogen-bond acceptors (Lipinski definition) is 2. The van der Waals surface area contributed by atoms with E-state index >= 15 is 0 Å². The van der Waals surface area contributed by atoms with Gasteiger partial charge in [0.2, 0.25) is 0 Å². The molecule has 3 nitrogen and oxygen atoms in total. The van der Waals surface area contributed by atoms with Crippen LogP contribution in [-0.2, 0) is 5.60 Å². The van der Waals surface area contributed by atoms with Crippen molar-refractivity contribution in [3.8, 4) is 5.75 Å². The van der Waals surface area contributed by atoms with Gasteiger partial charge in [-0.2, -0.15) is 0 Å². The number of ether oxygens (including phenoxy) is 1. The molecule has 0 bridgehead atoms. The SMILES string of the molecule is CCCOc1ccc([C@@](O)(CC[NH+]2CCCCC2)c2ccccc2)cc1. The van der Waals surface area contributed by atoms with E-state index in [1.54, 1.807) is 4.90 Å². The third kappa shape index (κ3) is 4.66. The molecule has 0 radical (unpaired) electrons. The second-order valence-corrected chi connectivity index (χ2v) is 7.41. The van der Waals surface area contributed by atoms with Crippen LogP contribution < -0.4 is 9.64 Å².